The summed E-state index contributed by atoms with van der Waals surface area (Å²) in [5, 5.41) is 2.71. The van der Waals surface area contributed by atoms with Gasteiger partial charge in [0.05, 0.1) is 11.3 Å². The van der Waals surface area contributed by atoms with Crippen molar-refractivity contribution >= 4 is 23.4 Å². The Kier molecular flexibility index (Phi) is 5.09. The summed E-state index contributed by atoms with van der Waals surface area (Å²) in [7, 11) is 0. The van der Waals surface area contributed by atoms with Gasteiger partial charge in [0.2, 0.25) is 5.91 Å². The first-order valence-electron chi connectivity index (χ1n) is 7.01. The van der Waals surface area contributed by atoms with Crippen LogP contribution < -0.4 is 16.2 Å². The number of para-hydroxylation sites is 1. The fourth-order valence-corrected chi connectivity index (χ4v) is 1.98. The number of aryl methyl sites for hydroxylation is 1. The van der Waals surface area contributed by atoms with Crippen LogP contribution in [0.25, 0.3) is 0 Å². The second-order valence-electron chi connectivity index (χ2n) is 5.00. The number of hydrogen-bond acceptors (Lipinski definition) is 3. The minimum Gasteiger partial charge on any atom is -0.321 e. The number of carbonyl (C=O) groups is 3. The maximum Gasteiger partial charge on any atom is 0.271 e. The first-order chi connectivity index (χ1) is 11.0. The molecular weight excluding hydrogens is 294 g/mol. The Bertz CT molecular complexity index is 756. The maximum atomic E-state index is 12.3. The topological polar surface area (TPSA) is 87.3 Å². The van der Waals surface area contributed by atoms with Crippen LogP contribution in [-0.2, 0) is 4.79 Å². The van der Waals surface area contributed by atoms with Crippen LogP contribution in [0.5, 0.6) is 0 Å². The summed E-state index contributed by atoms with van der Waals surface area (Å²) in [5.41, 5.74) is 6.57. The van der Waals surface area contributed by atoms with E-state index in [1.165, 1.54) is 6.92 Å². The second kappa shape index (κ2) is 7.22. The van der Waals surface area contributed by atoms with Crippen LogP contribution in [0.1, 0.15) is 33.2 Å². The first-order valence-corrected chi connectivity index (χ1v) is 7.01. The molecule has 0 aliphatic rings. The number of hydrazine groups is 1. The molecule has 118 valence electrons. The summed E-state index contributed by atoms with van der Waals surface area (Å²) in [4.78, 5) is 35.2. The number of carbonyl (C=O) groups excluding carboxylic acids is 3. The number of benzene rings is 2. The van der Waals surface area contributed by atoms with Crippen molar-refractivity contribution in [1.82, 2.24) is 10.9 Å². The van der Waals surface area contributed by atoms with Crippen LogP contribution in [-0.4, -0.2) is 17.7 Å². The third-order valence-electron chi connectivity index (χ3n) is 3.05. The van der Waals surface area contributed by atoms with Gasteiger partial charge in [0, 0.05) is 12.5 Å². The summed E-state index contributed by atoms with van der Waals surface area (Å²) in [5.74, 6) is -1.21. The maximum absolute atomic E-state index is 12.3. The molecule has 0 fully saturated rings. The SMILES string of the molecule is CC(=O)NNC(=O)c1ccccc1NC(=O)c1cccc(C)c1. The molecule has 2 aromatic carbocycles. The highest BCUT2D eigenvalue weighted by Crippen LogP contribution is 2.16. The van der Waals surface area contributed by atoms with E-state index in [9.17, 15) is 14.4 Å². The molecule has 0 radical (unpaired) electrons. The van der Waals surface area contributed by atoms with E-state index in [1.807, 2.05) is 13.0 Å². The van der Waals surface area contributed by atoms with Crippen LogP contribution in [0.3, 0.4) is 0 Å². The van der Waals surface area contributed by atoms with Gasteiger partial charge in [-0.15, -0.1) is 0 Å². The Balaban J connectivity index is 2.18. The van der Waals surface area contributed by atoms with Gasteiger partial charge in [-0.2, -0.15) is 0 Å². The molecule has 3 amide bonds. The second-order valence-corrected chi connectivity index (χ2v) is 5.00. The third kappa shape index (κ3) is 4.41. The number of anilines is 1. The van der Waals surface area contributed by atoms with Crippen molar-refractivity contribution < 1.29 is 14.4 Å². The average molecular weight is 311 g/mol. The van der Waals surface area contributed by atoms with E-state index in [2.05, 4.69) is 16.2 Å². The highest BCUT2D eigenvalue weighted by molar-refractivity contribution is 6.09. The van der Waals surface area contributed by atoms with Crippen LogP contribution in [0.4, 0.5) is 5.69 Å². The normalized spacial score (nSPS) is 9.83. The molecule has 0 saturated carbocycles. The summed E-state index contributed by atoms with van der Waals surface area (Å²) >= 11 is 0. The summed E-state index contributed by atoms with van der Waals surface area (Å²) in [6.07, 6.45) is 0. The number of rotatable bonds is 3. The highest BCUT2D eigenvalue weighted by Gasteiger charge is 2.14. The van der Waals surface area contributed by atoms with Gasteiger partial charge in [0.1, 0.15) is 0 Å². The monoisotopic (exact) mass is 311 g/mol. The zero-order chi connectivity index (χ0) is 16.8. The van der Waals surface area contributed by atoms with Crippen molar-refractivity contribution in [3.63, 3.8) is 0 Å². The Morgan fingerprint density at radius 1 is 0.870 bits per heavy atom. The number of nitrogens with one attached hydrogen (secondary N) is 3. The molecule has 2 rings (SSSR count). The molecule has 23 heavy (non-hydrogen) atoms. The van der Waals surface area contributed by atoms with Gasteiger partial charge in [0.15, 0.2) is 0 Å². The van der Waals surface area contributed by atoms with E-state index in [1.54, 1.807) is 42.5 Å². The van der Waals surface area contributed by atoms with E-state index in [0.29, 0.717) is 11.3 Å². The molecule has 0 atom stereocenters. The van der Waals surface area contributed by atoms with Crippen molar-refractivity contribution in [1.29, 1.82) is 0 Å². The van der Waals surface area contributed by atoms with Crippen LogP contribution in [0.2, 0.25) is 0 Å². The van der Waals surface area contributed by atoms with Gasteiger partial charge in [0.25, 0.3) is 11.8 Å². The lowest BCUT2D eigenvalue weighted by atomic mass is 10.1. The quantitative estimate of drug-likeness (QED) is 0.758. The minimum atomic E-state index is -0.514. The fourth-order valence-electron chi connectivity index (χ4n) is 1.98. The zero-order valence-electron chi connectivity index (χ0n) is 12.8. The molecule has 0 aliphatic carbocycles. The predicted molar refractivity (Wildman–Crippen MR) is 86.9 cm³/mol. The van der Waals surface area contributed by atoms with Gasteiger partial charge in [-0.25, -0.2) is 0 Å². The summed E-state index contributed by atoms with van der Waals surface area (Å²) in [6, 6.07) is 13.7. The molecule has 0 spiro atoms. The number of amides is 3. The van der Waals surface area contributed by atoms with Crippen molar-refractivity contribution in [2.45, 2.75) is 13.8 Å². The van der Waals surface area contributed by atoms with E-state index >= 15 is 0 Å². The van der Waals surface area contributed by atoms with E-state index < -0.39 is 5.91 Å². The molecule has 3 N–H and O–H groups in total. The van der Waals surface area contributed by atoms with Gasteiger partial charge < -0.3 is 5.32 Å². The molecular formula is C17H17N3O3. The first kappa shape index (κ1) is 16.2. The van der Waals surface area contributed by atoms with E-state index in [-0.39, 0.29) is 17.4 Å². The highest BCUT2D eigenvalue weighted by atomic mass is 16.2. The van der Waals surface area contributed by atoms with Gasteiger partial charge in [-0.3, -0.25) is 25.2 Å². The largest absolute Gasteiger partial charge is 0.321 e. The van der Waals surface area contributed by atoms with Crippen molar-refractivity contribution in [2.24, 2.45) is 0 Å². The summed E-state index contributed by atoms with van der Waals surface area (Å²) < 4.78 is 0. The smallest absolute Gasteiger partial charge is 0.271 e. The third-order valence-corrected chi connectivity index (χ3v) is 3.05. The minimum absolute atomic E-state index is 0.252. The molecule has 6 nitrogen and oxygen atoms in total. The van der Waals surface area contributed by atoms with Gasteiger partial charge in [-0.1, -0.05) is 29.8 Å². The molecule has 0 aliphatic heterocycles. The van der Waals surface area contributed by atoms with Crippen LogP contribution in [0.15, 0.2) is 48.5 Å². The molecule has 0 bridgehead atoms. The lowest BCUT2D eigenvalue weighted by Gasteiger charge is -2.11. The number of hydrogen-bond donors (Lipinski definition) is 3. The molecule has 6 heteroatoms. The van der Waals surface area contributed by atoms with Gasteiger partial charge >= 0.3 is 0 Å². The zero-order valence-corrected chi connectivity index (χ0v) is 12.8. The van der Waals surface area contributed by atoms with Crippen molar-refractivity contribution in [3.8, 4) is 0 Å². The van der Waals surface area contributed by atoms with Crippen molar-refractivity contribution in [3.05, 3.63) is 65.2 Å². The lowest BCUT2D eigenvalue weighted by Crippen LogP contribution is -2.40. The molecule has 2 aromatic rings. The van der Waals surface area contributed by atoms with Crippen LogP contribution in [0, 0.1) is 6.92 Å². The Morgan fingerprint density at radius 3 is 2.30 bits per heavy atom. The predicted octanol–water partition coefficient (Wildman–Crippen LogP) is 2.03. The lowest BCUT2D eigenvalue weighted by molar-refractivity contribution is -0.119. The van der Waals surface area contributed by atoms with Crippen molar-refractivity contribution in [2.75, 3.05) is 5.32 Å². The Hall–Kier alpha value is -3.15. The standard InChI is InChI=1S/C17H17N3O3/c1-11-6-5-7-13(10-11)16(22)18-15-9-4-3-8-14(15)17(23)20-19-12(2)21/h3-10H,1-2H3,(H,18,22)(H,19,21)(H,20,23). The average Bonchev–Trinajstić information content (AvgIpc) is 2.53. The molecule has 0 heterocycles. The Morgan fingerprint density at radius 2 is 1.61 bits per heavy atom. The van der Waals surface area contributed by atoms with Gasteiger partial charge in [-0.05, 0) is 31.2 Å². The molecule has 0 aromatic heterocycles. The van der Waals surface area contributed by atoms with E-state index in [0.717, 1.165) is 5.56 Å². The summed E-state index contributed by atoms with van der Waals surface area (Å²) in [6.45, 7) is 3.18. The molecule has 0 saturated heterocycles. The van der Waals surface area contributed by atoms with Crippen LogP contribution >= 0.6 is 0 Å². The molecule has 0 unspecified atom stereocenters. The van der Waals surface area contributed by atoms with E-state index in [4.69, 9.17) is 0 Å². The Labute approximate surface area is 133 Å². The fraction of sp³-hybridized carbons (Fsp3) is 0.118.